The van der Waals surface area contributed by atoms with Crippen LogP contribution < -0.4 is 0 Å². The molecule has 1 heterocycles. The fraction of sp³-hybridized carbons (Fsp3) is 0.733. The number of hydrogen-bond donors (Lipinski definition) is 1. The summed E-state index contributed by atoms with van der Waals surface area (Å²) in [7, 11) is 0. The molecule has 3 aliphatic rings. The van der Waals surface area contributed by atoms with E-state index in [-0.39, 0.29) is 42.7 Å². The molecule has 104 valence electrons. The summed E-state index contributed by atoms with van der Waals surface area (Å²) in [5, 5.41) is 9.87. The monoisotopic (exact) mass is 264 g/mol. The van der Waals surface area contributed by atoms with Crippen molar-refractivity contribution in [3.05, 3.63) is 11.6 Å². The number of rotatable bonds is 1. The maximum atomic E-state index is 12.1. The van der Waals surface area contributed by atoms with Crippen LogP contribution >= 0.6 is 0 Å². The van der Waals surface area contributed by atoms with Crippen LogP contribution in [-0.4, -0.2) is 29.6 Å². The van der Waals surface area contributed by atoms with E-state index in [0.717, 1.165) is 5.57 Å². The van der Waals surface area contributed by atoms with E-state index in [1.54, 1.807) is 6.08 Å². The van der Waals surface area contributed by atoms with Crippen molar-refractivity contribution in [2.75, 3.05) is 6.61 Å². The largest absolute Gasteiger partial charge is 0.462 e. The molecule has 0 aromatic rings. The molecule has 1 N–H and O–H groups in total. The third-order valence-electron chi connectivity index (χ3n) is 5.89. The second kappa shape index (κ2) is 3.69. The molecular weight excluding hydrogens is 244 g/mol. The Bertz CT molecular complexity index is 494. The van der Waals surface area contributed by atoms with Gasteiger partial charge in [0.25, 0.3) is 0 Å². The first-order valence-electron chi connectivity index (χ1n) is 6.92. The van der Waals surface area contributed by atoms with Gasteiger partial charge in [0.15, 0.2) is 5.78 Å². The zero-order valence-electron chi connectivity index (χ0n) is 11.6. The molecule has 0 radical (unpaired) electrons. The Morgan fingerprint density at radius 3 is 2.74 bits per heavy atom. The summed E-state index contributed by atoms with van der Waals surface area (Å²) in [6, 6.07) is 0. The Labute approximate surface area is 112 Å². The quantitative estimate of drug-likeness (QED) is 0.728. The van der Waals surface area contributed by atoms with Gasteiger partial charge in [0.1, 0.15) is 6.10 Å². The number of carbonyl (C=O) groups is 2. The van der Waals surface area contributed by atoms with E-state index >= 15 is 0 Å². The minimum atomic E-state index is -0.468. The first-order valence-corrected chi connectivity index (χ1v) is 6.92. The number of carbonyl (C=O) groups excluding carboxylic acids is 2. The van der Waals surface area contributed by atoms with Gasteiger partial charge < -0.3 is 9.84 Å². The number of aliphatic hydroxyl groups is 1. The first kappa shape index (κ1) is 12.9. The van der Waals surface area contributed by atoms with Gasteiger partial charge in [-0.1, -0.05) is 26.3 Å². The van der Waals surface area contributed by atoms with Gasteiger partial charge in [-0.15, -0.1) is 0 Å². The van der Waals surface area contributed by atoms with E-state index < -0.39 is 10.8 Å². The Hall–Kier alpha value is -1.16. The topological polar surface area (TPSA) is 63.6 Å². The molecule has 2 fully saturated rings. The number of ether oxygens (including phenoxy) is 1. The average Bonchev–Trinajstić information content (AvgIpc) is 2.61. The molecule has 0 unspecified atom stereocenters. The minimum absolute atomic E-state index is 0.0181. The Kier molecular flexibility index (Phi) is 2.50. The van der Waals surface area contributed by atoms with Crippen molar-refractivity contribution in [3.63, 3.8) is 0 Å². The molecule has 1 aliphatic heterocycles. The molecule has 19 heavy (non-hydrogen) atoms. The van der Waals surface area contributed by atoms with Gasteiger partial charge >= 0.3 is 5.97 Å². The molecule has 0 amide bonds. The lowest BCUT2D eigenvalue weighted by atomic mass is 9.51. The van der Waals surface area contributed by atoms with Crippen molar-refractivity contribution in [1.82, 2.24) is 0 Å². The number of hydrogen-bond acceptors (Lipinski definition) is 4. The number of fused-ring (bicyclic) bond motifs is 1. The van der Waals surface area contributed by atoms with Crippen molar-refractivity contribution < 1.29 is 19.4 Å². The summed E-state index contributed by atoms with van der Waals surface area (Å²) >= 11 is 0. The smallest absolute Gasteiger partial charge is 0.306 e. The van der Waals surface area contributed by atoms with Crippen LogP contribution in [0, 0.1) is 22.7 Å². The van der Waals surface area contributed by atoms with Crippen molar-refractivity contribution in [1.29, 1.82) is 0 Å². The fourth-order valence-electron chi connectivity index (χ4n) is 4.29. The molecule has 0 aromatic carbocycles. The van der Waals surface area contributed by atoms with Gasteiger partial charge in [-0.25, -0.2) is 0 Å². The van der Waals surface area contributed by atoms with Crippen LogP contribution in [0.4, 0.5) is 0 Å². The van der Waals surface area contributed by atoms with Crippen LogP contribution in [0.3, 0.4) is 0 Å². The van der Waals surface area contributed by atoms with Gasteiger partial charge in [-0.3, -0.25) is 9.59 Å². The molecule has 2 aliphatic carbocycles. The molecule has 1 saturated heterocycles. The highest BCUT2D eigenvalue weighted by molar-refractivity contribution is 5.98. The number of ketones is 1. The van der Waals surface area contributed by atoms with Crippen molar-refractivity contribution in [2.24, 2.45) is 22.7 Å². The Morgan fingerprint density at radius 2 is 2.11 bits per heavy atom. The minimum Gasteiger partial charge on any atom is -0.462 e. The summed E-state index contributed by atoms with van der Waals surface area (Å²) in [4.78, 5) is 24.0. The van der Waals surface area contributed by atoms with E-state index in [9.17, 15) is 14.7 Å². The van der Waals surface area contributed by atoms with Crippen molar-refractivity contribution in [2.45, 2.75) is 39.7 Å². The van der Waals surface area contributed by atoms with E-state index in [4.69, 9.17) is 4.74 Å². The van der Waals surface area contributed by atoms with Crippen LogP contribution in [0.5, 0.6) is 0 Å². The second-order valence-corrected chi connectivity index (χ2v) is 6.61. The predicted molar refractivity (Wildman–Crippen MR) is 68.2 cm³/mol. The highest BCUT2D eigenvalue weighted by Gasteiger charge is 2.63. The van der Waals surface area contributed by atoms with Gasteiger partial charge in [0.05, 0.1) is 13.0 Å². The lowest BCUT2D eigenvalue weighted by Crippen LogP contribution is -2.56. The third-order valence-corrected chi connectivity index (χ3v) is 5.89. The zero-order valence-corrected chi connectivity index (χ0v) is 11.6. The van der Waals surface area contributed by atoms with Crippen LogP contribution in [0.25, 0.3) is 0 Å². The predicted octanol–water partition coefficient (Wildman–Crippen LogP) is 1.47. The number of allylic oxidation sites excluding steroid dienone is 1. The fourth-order valence-corrected chi connectivity index (χ4v) is 4.29. The molecule has 4 nitrogen and oxygen atoms in total. The maximum Gasteiger partial charge on any atom is 0.306 e. The molecule has 2 bridgehead atoms. The zero-order chi connectivity index (χ0) is 14.0. The van der Waals surface area contributed by atoms with E-state index in [1.807, 2.05) is 20.8 Å². The Morgan fingerprint density at radius 1 is 1.42 bits per heavy atom. The average molecular weight is 264 g/mol. The summed E-state index contributed by atoms with van der Waals surface area (Å²) < 4.78 is 5.46. The summed E-state index contributed by atoms with van der Waals surface area (Å²) in [5.74, 6) is -0.289. The van der Waals surface area contributed by atoms with E-state index in [2.05, 4.69) is 0 Å². The molecule has 1 saturated carbocycles. The molecule has 5 atom stereocenters. The van der Waals surface area contributed by atoms with Gasteiger partial charge in [0, 0.05) is 22.7 Å². The van der Waals surface area contributed by atoms with E-state index in [0.29, 0.717) is 6.42 Å². The summed E-state index contributed by atoms with van der Waals surface area (Å²) in [5.41, 5.74) is 0.0888. The molecule has 4 heteroatoms. The van der Waals surface area contributed by atoms with Gasteiger partial charge in [0.2, 0.25) is 0 Å². The SMILES string of the molecule is C[C@@H]1C(=O)C=C2[C@]13CC(=O)O[C@H](C3)[C@@H](C)[C@@]2(C)CO. The molecular formula is C15H20O4. The lowest BCUT2D eigenvalue weighted by Gasteiger charge is -2.56. The van der Waals surface area contributed by atoms with Crippen molar-refractivity contribution in [3.8, 4) is 0 Å². The normalized spacial score (nSPS) is 48.6. The Balaban J connectivity index is 2.19. The van der Waals surface area contributed by atoms with Crippen LogP contribution in [0.15, 0.2) is 11.6 Å². The highest BCUT2D eigenvalue weighted by Crippen LogP contribution is 2.63. The van der Waals surface area contributed by atoms with Crippen LogP contribution in [0.1, 0.15) is 33.6 Å². The van der Waals surface area contributed by atoms with Gasteiger partial charge in [-0.05, 0) is 12.5 Å². The lowest BCUT2D eigenvalue weighted by molar-refractivity contribution is -0.180. The number of esters is 1. The number of aliphatic hydroxyl groups excluding tert-OH is 1. The highest BCUT2D eigenvalue weighted by atomic mass is 16.5. The standard InChI is InChI=1S/C15H20O4/c1-8-10(17)4-12-14(3,7-16)9(2)11-5-15(8,12)6-13(18)19-11/h4,8-9,11,16H,5-7H2,1-3H3/t8-,9-,11-,14-,15-/m1/s1. The molecule has 1 spiro atoms. The summed E-state index contributed by atoms with van der Waals surface area (Å²) in [6.07, 6.45) is 2.48. The van der Waals surface area contributed by atoms with Crippen LogP contribution in [0.2, 0.25) is 0 Å². The summed E-state index contributed by atoms with van der Waals surface area (Å²) in [6.45, 7) is 5.86. The first-order chi connectivity index (χ1) is 8.85. The third kappa shape index (κ3) is 1.38. The molecule has 3 rings (SSSR count). The maximum absolute atomic E-state index is 12.1. The molecule has 0 aromatic heterocycles. The van der Waals surface area contributed by atoms with Gasteiger partial charge in [-0.2, -0.15) is 0 Å². The van der Waals surface area contributed by atoms with E-state index in [1.165, 1.54) is 0 Å². The van der Waals surface area contributed by atoms with Crippen LogP contribution in [-0.2, 0) is 14.3 Å². The second-order valence-electron chi connectivity index (χ2n) is 6.61. The van der Waals surface area contributed by atoms with Crippen molar-refractivity contribution >= 4 is 11.8 Å².